The van der Waals surface area contributed by atoms with Crippen LogP contribution < -0.4 is 0 Å². The van der Waals surface area contributed by atoms with Crippen LogP contribution in [0.5, 0.6) is 0 Å². The Balaban J connectivity index is 1.73. The summed E-state index contributed by atoms with van der Waals surface area (Å²) < 4.78 is 0. The second-order valence-electron chi connectivity index (χ2n) is 4.14. The minimum atomic E-state index is 0.383. The fourth-order valence-electron chi connectivity index (χ4n) is 1.75. The third kappa shape index (κ3) is 3.73. The smallest absolute Gasteiger partial charge is 0.170 e. The Morgan fingerprint density at radius 2 is 1.94 bits per heavy atom. The van der Waals surface area contributed by atoms with Crippen molar-refractivity contribution in [2.24, 2.45) is 0 Å². The van der Waals surface area contributed by atoms with Gasteiger partial charge in [0.25, 0.3) is 0 Å². The molecular weight excluding hydrogens is 226 g/mol. The minimum absolute atomic E-state index is 0.383. The lowest BCUT2D eigenvalue weighted by Crippen LogP contribution is -1.97. The van der Waals surface area contributed by atoms with E-state index in [0.29, 0.717) is 12.0 Å². The zero-order valence-electron chi connectivity index (χ0n) is 10.1. The molecule has 4 nitrogen and oxygen atoms in total. The van der Waals surface area contributed by atoms with Gasteiger partial charge in [-0.25, -0.2) is 0 Å². The van der Waals surface area contributed by atoms with Crippen LogP contribution in [0.2, 0.25) is 0 Å². The van der Waals surface area contributed by atoms with E-state index < -0.39 is 0 Å². The molecular formula is C14H15N3O. The summed E-state index contributed by atoms with van der Waals surface area (Å²) in [6, 6.07) is 7.61. The van der Waals surface area contributed by atoms with Gasteiger partial charge in [0.1, 0.15) is 5.69 Å². The number of unbranched alkanes of at least 4 members (excludes halogenated alkanes) is 1. The Bertz CT molecular complexity index is 482. The van der Waals surface area contributed by atoms with Gasteiger partial charge in [0.15, 0.2) is 6.29 Å². The number of carbonyl (C=O) groups is 1. The fraction of sp³-hybridized carbons (Fsp3) is 0.286. The highest BCUT2D eigenvalue weighted by Gasteiger charge is 1.98. The summed E-state index contributed by atoms with van der Waals surface area (Å²) in [4.78, 5) is 14.5. The lowest BCUT2D eigenvalue weighted by atomic mass is 10.1. The Morgan fingerprint density at radius 1 is 1.06 bits per heavy atom. The third-order valence-corrected chi connectivity index (χ3v) is 2.73. The number of aryl methyl sites for hydroxylation is 2. The highest BCUT2D eigenvalue weighted by Crippen LogP contribution is 2.06. The summed E-state index contributed by atoms with van der Waals surface area (Å²) in [5, 5.41) is 7.81. The van der Waals surface area contributed by atoms with Crippen molar-refractivity contribution in [1.29, 1.82) is 0 Å². The molecule has 2 heterocycles. The molecule has 0 N–H and O–H groups in total. The molecule has 2 rings (SSSR count). The Kier molecular flexibility index (Phi) is 4.53. The van der Waals surface area contributed by atoms with Crippen LogP contribution >= 0.6 is 0 Å². The Labute approximate surface area is 106 Å². The molecule has 0 fully saturated rings. The summed E-state index contributed by atoms with van der Waals surface area (Å²) in [5.41, 5.74) is 2.58. The van der Waals surface area contributed by atoms with Crippen molar-refractivity contribution in [3.05, 3.63) is 53.6 Å². The molecule has 0 saturated carbocycles. The molecule has 0 radical (unpaired) electrons. The van der Waals surface area contributed by atoms with E-state index in [4.69, 9.17) is 0 Å². The average Bonchev–Trinajstić information content (AvgIpc) is 2.45. The molecule has 4 heteroatoms. The van der Waals surface area contributed by atoms with Gasteiger partial charge in [-0.05, 0) is 49.4 Å². The Morgan fingerprint density at radius 3 is 2.61 bits per heavy atom. The second-order valence-corrected chi connectivity index (χ2v) is 4.14. The van der Waals surface area contributed by atoms with E-state index in [2.05, 4.69) is 21.2 Å². The van der Waals surface area contributed by atoms with Gasteiger partial charge in [-0.2, -0.15) is 5.10 Å². The molecule has 18 heavy (non-hydrogen) atoms. The molecule has 92 valence electrons. The summed E-state index contributed by atoms with van der Waals surface area (Å²) in [7, 11) is 0. The van der Waals surface area contributed by atoms with Crippen molar-refractivity contribution in [3.8, 4) is 0 Å². The summed E-state index contributed by atoms with van der Waals surface area (Å²) in [5.74, 6) is 0. The van der Waals surface area contributed by atoms with E-state index >= 15 is 0 Å². The van der Waals surface area contributed by atoms with Crippen LogP contribution in [-0.4, -0.2) is 21.5 Å². The molecule has 0 spiro atoms. The first kappa shape index (κ1) is 12.4. The largest absolute Gasteiger partial charge is 0.296 e. The quantitative estimate of drug-likeness (QED) is 0.575. The van der Waals surface area contributed by atoms with Gasteiger partial charge in [-0.15, -0.1) is 5.10 Å². The lowest BCUT2D eigenvalue weighted by molar-refractivity contribution is 0.111. The van der Waals surface area contributed by atoms with Gasteiger partial charge in [-0.1, -0.05) is 6.07 Å². The highest BCUT2D eigenvalue weighted by molar-refractivity contribution is 5.71. The zero-order chi connectivity index (χ0) is 12.6. The number of aldehydes is 1. The van der Waals surface area contributed by atoms with Crippen molar-refractivity contribution in [2.75, 3.05) is 0 Å². The number of hydrogen-bond donors (Lipinski definition) is 0. The number of hydrogen-bond acceptors (Lipinski definition) is 4. The molecule has 2 aromatic rings. The predicted molar refractivity (Wildman–Crippen MR) is 68.3 cm³/mol. The molecule has 0 aliphatic heterocycles. The van der Waals surface area contributed by atoms with E-state index in [1.54, 1.807) is 12.3 Å². The van der Waals surface area contributed by atoms with Crippen molar-refractivity contribution in [2.45, 2.75) is 25.7 Å². The number of nitrogens with zero attached hydrogens (tertiary/aromatic N) is 3. The van der Waals surface area contributed by atoms with E-state index in [1.807, 2.05) is 18.3 Å². The third-order valence-electron chi connectivity index (χ3n) is 2.73. The standard InChI is InChI=1S/C14H15N3O/c18-11-14-8-7-13(16-17-14)6-2-1-4-12-5-3-9-15-10-12/h3,5,7-11H,1-2,4,6H2. The molecule has 0 bridgehead atoms. The van der Waals surface area contributed by atoms with Gasteiger partial charge in [0.05, 0.1) is 5.69 Å². The van der Waals surface area contributed by atoms with Crippen molar-refractivity contribution < 1.29 is 4.79 Å². The van der Waals surface area contributed by atoms with Gasteiger partial charge in [-0.3, -0.25) is 9.78 Å². The summed E-state index contributed by atoms with van der Waals surface area (Å²) in [6.45, 7) is 0. The first-order chi connectivity index (χ1) is 8.88. The maximum Gasteiger partial charge on any atom is 0.170 e. The van der Waals surface area contributed by atoms with Gasteiger partial charge >= 0.3 is 0 Å². The topological polar surface area (TPSA) is 55.7 Å². The second kappa shape index (κ2) is 6.59. The fourth-order valence-corrected chi connectivity index (χ4v) is 1.75. The van der Waals surface area contributed by atoms with Gasteiger partial charge < -0.3 is 0 Å². The van der Waals surface area contributed by atoms with Crippen LogP contribution in [0, 0.1) is 0 Å². The van der Waals surface area contributed by atoms with Crippen LogP contribution in [0.3, 0.4) is 0 Å². The van der Waals surface area contributed by atoms with Crippen molar-refractivity contribution >= 4 is 6.29 Å². The zero-order valence-corrected chi connectivity index (χ0v) is 10.1. The SMILES string of the molecule is O=Cc1ccc(CCCCc2cccnc2)nn1. The molecule has 0 atom stereocenters. The predicted octanol–water partition coefficient (Wildman–Crippen LogP) is 2.25. The molecule has 0 amide bonds. The van der Waals surface area contributed by atoms with E-state index in [-0.39, 0.29) is 0 Å². The molecule has 0 aliphatic carbocycles. The summed E-state index contributed by atoms with van der Waals surface area (Å²) in [6.07, 6.45) is 8.48. The molecule has 0 saturated heterocycles. The number of pyridine rings is 1. The molecule has 2 aromatic heterocycles. The molecule has 0 aliphatic rings. The maximum atomic E-state index is 10.4. The monoisotopic (exact) mass is 241 g/mol. The normalized spacial score (nSPS) is 10.2. The number of rotatable bonds is 6. The lowest BCUT2D eigenvalue weighted by Gasteiger charge is -2.01. The Hall–Kier alpha value is -2.10. The van der Waals surface area contributed by atoms with Gasteiger partial charge in [0.2, 0.25) is 0 Å². The van der Waals surface area contributed by atoms with Crippen molar-refractivity contribution in [3.63, 3.8) is 0 Å². The maximum absolute atomic E-state index is 10.4. The molecule has 0 aromatic carbocycles. The summed E-state index contributed by atoms with van der Waals surface area (Å²) >= 11 is 0. The van der Waals surface area contributed by atoms with E-state index in [9.17, 15) is 4.79 Å². The van der Waals surface area contributed by atoms with Crippen LogP contribution in [-0.2, 0) is 12.8 Å². The average molecular weight is 241 g/mol. The van der Waals surface area contributed by atoms with Crippen LogP contribution in [0.1, 0.15) is 34.6 Å². The number of aromatic nitrogens is 3. The number of carbonyl (C=O) groups excluding carboxylic acids is 1. The van der Waals surface area contributed by atoms with Crippen LogP contribution in [0.15, 0.2) is 36.7 Å². The molecule has 0 unspecified atom stereocenters. The van der Waals surface area contributed by atoms with Crippen LogP contribution in [0.4, 0.5) is 0 Å². The van der Waals surface area contributed by atoms with E-state index in [1.165, 1.54) is 5.56 Å². The van der Waals surface area contributed by atoms with Gasteiger partial charge in [0, 0.05) is 12.4 Å². The minimum Gasteiger partial charge on any atom is -0.296 e. The first-order valence-corrected chi connectivity index (χ1v) is 6.05. The van der Waals surface area contributed by atoms with Crippen molar-refractivity contribution in [1.82, 2.24) is 15.2 Å². The van der Waals surface area contributed by atoms with E-state index in [0.717, 1.165) is 31.4 Å². The first-order valence-electron chi connectivity index (χ1n) is 6.05. The van der Waals surface area contributed by atoms with Crippen LogP contribution in [0.25, 0.3) is 0 Å². The highest BCUT2D eigenvalue weighted by atomic mass is 16.1.